The topological polar surface area (TPSA) is 57.6 Å². The standard InChI is InChI=1S/C18H16ClF4NO3S/c19-16-5-4-12(10-15(16)18(21,22)23)17(25)6-8-24(9-7-17)28(26,27)14-3-1-2-13(20)11-14/h1-5,10-11,25H,6-9H2. The molecule has 0 atom stereocenters. The highest BCUT2D eigenvalue weighted by Gasteiger charge is 2.40. The number of alkyl halides is 3. The van der Waals surface area contributed by atoms with Crippen molar-refractivity contribution in [1.29, 1.82) is 0 Å². The lowest BCUT2D eigenvalue weighted by molar-refractivity contribution is -0.137. The summed E-state index contributed by atoms with van der Waals surface area (Å²) in [5, 5.41) is 10.3. The average Bonchev–Trinajstić information content (AvgIpc) is 2.61. The maximum Gasteiger partial charge on any atom is 0.417 e. The van der Waals surface area contributed by atoms with Gasteiger partial charge in [-0.25, -0.2) is 12.8 Å². The molecular formula is C18H16ClF4NO3S. The molecule has 4 nitrogen and oxygen atoms in total. The van der Waals surface area contributed by atoms with Gasteiger partial charge in [-0.05, 0) is 48.7 Å². The molecule has 152 valence electrons. The lowest BCUT2D eigenvalue weighted by atomic mass is 9.84. The predicted octanol–water partition coefficient (Wildman–Crippen LogP) is 4.17. The first-order chi connectivity index (χ1) is 12.9. The van der Waals surface area contributed by atoms with Crippen molar-refractivity contribution in [1.82, 2.24) is 4.31 Å². The van der Waals surface area contributed by atoms with Crippen LogP contribution in [0, 0.1) is 5.82 Å². The summed E-state index contributed by atoms with van der Waals surface area (Å²) in [4.78, 5) is -0.219. The molecule has 10 heteroatoms. The summed E-state index contributed by atoms with van der Waals surface area (Å²) in [6.45, 7) is -0.251. The molecule has 0 radical (unpaired) electrons. The Morgan fingerprint density at radius 2 is 1.71 bits per heavy atom. The van der Waals surface area contributed by atoms with Crippen LogP contribution in [-0.2, 0) is 21.8 Å². The highest BCUT2D eigenvalue weighted by atomic mass is 35.5. The van der Waals surface area contributed by atoms with Crippen molar-refractivity contribution in [3.05, 3.63) is 64.4 Å². The molecule has 0 aromatic heterocycles. The smallest absolute Gasteiger partial charge is 0.385 e. The number of hydrogen-bond acceptors (Lipinski definition) is 3. The number of nitrogens with zero attached hydrogens (tertiary/aromatic N) is 1. The van der Waals surface area contributed by atoms with Gasteiger partial charge in [-0.1, -0.05) is 23.7 Å². The van der Waals surface area contributed by atoms with E-state index in [0.29, 0.717) is 0 Å². The van der Waals surface area contributed by atoms with E-state index < -0.39 is 38.2 Å². The summed E-state index contributed by atoms with van der Waals surface area (Å²) in [6.07, 6.45) is -4.90. The van der Waals surface area contributed by atoms with Crippen LogP contribution in [0.2, 0.25) is 5.02 Å². The van der Waals surface area contributed by atoms with E-state index in [1.807, 2.05) is 0 Å². The van der Waals surface area contributed by atoms with Gasteiger partial charge in [0.2, 0.25) is 10.0 Å². The van der Waals surface area contributed by atoms with E-state index in [9.17, 15) is 31.1 Å². The van der Waals surface area contributed by atoms with Gasteiger partial charge in [0, 0.05) is 13.1 Å². The maximum atomic E-state index is 13.4. The molecule has 2 aromatic carbocycles. The number of hydrogen-bond donors (Lipinski definition) is 1. The van der Waals surface area contributed by atoms with E-state index >= 15 is 0 Å². The van der Waals surface area contributed by atoms with Crippen molar-refractivity contribution >= 4 is 21.6 Å². The lowest BCUT2D eigenvalue weighted by Gasteiger charge is -2.38. The molecule has 1 aliphatic heterocycles. The molecule has 28 heavy (non-hydrogen) atoms. The van der Waals surface area contributed by atoms with Crippen LogP contribution in [0.4, 0.5) is 17.6 Å². The van der Waals surface area contributed by atoms with Crippen LogP contribution in [0.5, 0.6) is 0 Å². The summed E-state index contributed by atoms with van der Waals surface area (Å²) in [5.41, 5.74) is -2.67. The van der Waals surface area contributed by atoms with Crippen molar-refractivity contribution in [2.75, 3.05) is 13.1 Å². The molecule has 0 unspecified atom stereocenters. The summed E-state index contributed by atoms with van der Waals surface area (Å²) in [5.74, 6) is -0.699. The van der Waals surface area contributed by atoms with Crippen LogP contribution in [0.1, 0.15) is 24.0 Å². The number of aliphatic hydroxyl groups is 1. The molecule has 0 saturated carbocycles. The van der Waals surface area contributed by atoms with Crippen LogP contribution in [0.15, 0.2) is 47.4 Å². The first-order valence-electron chi connectivity index (χ1n) is 8.29. The van der Waals surface area contributed by atoms with Crippen LogP contribution < -0.4 is 0 Å². The van der Waals surface area contributed by atoms with Gasteiger partial charge >= 0.3 is 6.18 Å². The third-order valence-electron chi connectivity index (χ3n) is 4.79. The zero-order chi connectivity index (χ0) is 20.7. The van der Waals surface area contributed by atoms with Gasteiger partial charge in [-0.3, -0.25) is 0 Å². The first-order valence-corrected chi connectivity index (χ1v) is 10.1. The van der Waals surface area contributed by atoms with Crippen molar-refractivity contribution in [3.8, 4) is 0 Å². The van der Waals surface area contributed by atoms with Gasteiger partial charge in [0.1, 0.15) is 5.82 Å². The minimum atomic E-state index is -4.68. The number of sulfonamides is 1. The molecule has 1 N–H and O–H groups in total. The molecule has 1 heterocycles. The van der Waals surface area contributed by atoms with Gasteiger partial charge in [-0.15, -0.1) is 0 Å². The number of rotatable bonds is 3. The molecule has 1 saturated heterocycles. The number of halogens is 5. The van der Waals surface area contributed by atoms with Crippen LogP contribution >= 0.6 is 11.6 Å². The summed E-state index contributed by atoms with van der Waals surface area (Å²) >= 11 is 5.61. The number of piperidine rings is 1. The van der Waals surface area contributed by atoms with Gasteiger partial charge in [-0.2, -0.15) is 17.5 Å². The van der Waals surface area contributed by atoms with Gasteiger partial charge in [0.05, 0.1) is 21.1 Å². The van der Waals surface area contributed by atoms with Crippen LogP contribution in [-0.4, -0.2) is 30.9 Å². The summed E-state index contributed by atoms with van der Waals surface area (Å²) in [6, 6.07) is 7.70. The molecule has 0 spiro atoms. The fourth-order valence-corrected chi connectivity index (χ4v) is 4.89. The molecule has 0 bridgehead atoms. The molecule has 0 amide bonds. The van der Waals surface area contributed by atoms with E-state index in [2.05, 4.69) is 0 Å². The molecule has 3 rings (SSSR count). The average molecular weight is 438 g/mol. The first kappa shape index (κ1) is 21.0. The zero-order valence-electron chi connectivity index (χ0n) is 14.4. The third kappa shape index (κ3) is 4.03. The maximum absolute atomic E-state index is 13.4. The Kier molecular flexibility index (Phi) is 5.48. The Morgan fingerprint density at radius 1 is 1.07 bits per heavy atom. The van der Waals surface area contributed by atoms with Crippen molar-refractivity contribution in [2.45, 2.75) is 29.5 Å². The van der Waals surface area contributed by atoms with E-state index in [1.165, 1.54) is 18.2 Å². The van der Waals surface area contributed by atoms with E-state index in [0.717, 1.165) is 28.6 Å². The second-order valence-corrected chi connectivity index (χ2v) is 8.93. The van der Waals surface area contributed by atoms with Gasteiger partial charge in [0.25, 0.3) is 0 Å². The van der Waals surface area contributed by atoms with E-state index in [4.69, 9.17) is 11.6 Å². The van der Waals surface area contributed by atoms with Crippen LogP contribution in [0.25, 0.3) is 0 Å². The SMILES string of the molecule is O=S(=O)(c1cccc(F)c1)N1CCC(O)(c2ccc(Cl)c(C(F)(F)F)c2)CC1. The second kappa shape index (κ2) is 7.29. The molecular weight excluding hydrogens is 422 g/mol. The summed E-state index contributed by atoms with van der Waals surface area (Å²) in [7, 11) is -3.97. The second-order valence-electron chi connectivity index (χ2n) is 6.59. The minimum absolute atomic E-state index is 0.0204. The fraction of sp³-hybridized carbons (Fsp3) is 0.333. The molecule has 0 aliphatic carbocycles. The molecule has 2 aromatic rings. The van der Waals surface area contributed by atoms with Crippen molar-refractivity contribution < 1.29 is 31.1 Å². The van der Waals surface area contributed by atoms with Crippen molar-refractivity contribution in [3.63, 3.8) is 0 Å². The van der Waals surface area contributed by atoms with Gasteiger partial charge in [0.15, 0.2) is 0 Å². The highest BCUT2D eigenvalue weighted by molar-refractivity contribution is 7.89. The van der Waals surface area contributed by atoms with Crippen molar-refractivity contribution in [2.24, 2.45) is 0 Å². The minimum Gasteiger partial charge on any atom is -0.385 e. The number of benzene rings is 2. The third-order valence-corrected chi connectivity index (χ3v) is 7.02. The fourth-order valence-electron chi connectivity index (χ4n) is 3.19. The molecule has 1 fully saturated rings. The van der Waals surface area contributed by atoms with E-state index in [-0.39, 0.29) is 36.4 Å². The largest absolute Gasteiger partial charge is 0.417 e. The van der Waals surface area contributed by atoms with E-state index in [1.54, 1.807) is 0 Å². The normalized spacial score (nSPS) is 18.2. The highest BCUT2D eigenvalue weighted by Crippen LogP contribution is 2.40. The molecule has 1 aliphatic rings. The lowest BCUT2D eigenvalue weighted by Crippen LogP contribution is -2.45. The summed E-state index contributed by atoms with van der Waals surface area (Å²) < 4.78 is 78.9. The monoisotopic (exact) mass is 437 g/mol. The Bertz CT molecular complexity index is 987. The Morgan fingerprint density at radius 3 is 2.29 bits per heavy atom. The Balaban J connectivity index is 1.83. The zero-order valence-corrected chi connectivity index (χ0v) is 16.0. The Hall–Kier alpha value is -1.68. The van der Waals surface area contributed by atoms with Gasteiger partial charge < -0.3 is 5.11 Å². The Labute approximate surface area is 164 Å². The predicted molar refractivity (Wildman–Crippen MR) is 94.7 cm³/mol. The quantitative estimate of drug-likeness (QED) is 0.733. The van der Waals surface area contributed by atoms with Crippen LogP contribution in [0.3, 0.4) is 0 Å².